The van der Waals surface area contributed by atoms with Crippen LogP contribution in [0.25, 0.3) is 11.2 Å². The number of phosphoric ester groups is 3. The quantitative estimate of drug-likeness (QED) is 0.0285. The van der Waals surface area contributed by atoms with Gasteiger partial charge < -0.3 is 96.1 Å². The van der Waals surface area contributed by atoms with E-state index in [4.69, 9.17) is 29.0 Å². The summed E-state index contributed by atoms with van der Waals surface area (Å²) in [7, 11) is -10.5. The van der Waals surface area contributed by atoms with E-state index >= 15 is 0 Å². The van der Waals surface area contributed by atoms with Crippen LogP contribution >= 0.6 is 35.2 Å². The van der Waals surface area contributed by atoms with Crippen LogP contribution in [0.1, 0.15) is 132 Å². The van der Waals surface area contributed by atoms with E-state index in [1.807, 2.05) is 19.9 Å². The Balaban J connectivity index is 0.980. The largest absolute Gasteiger partial charge is 0.481 e. The van der Waals surface area contributed by atoms with Gasteiger partial charge in [-0.2, -0.15) is 16.1 Å². The molecule has 2 saturated heterocycles. The number of unbranched alkanes of at least 4 members (excludes halogenated alkanes) is 2. The molecule has 1 aromatic carbocycles. The molecular weight excluding hydrogens is 1540 g/mol. The molecule has 5 rings (SSSR count). The van der Waals surface area contributed by atoms with E-state index in [-0.39, 0.29) is 91.1 Å². The van der Waals surface area contributed by atoms with Crippen LogP contribution in [-0.2, 0) is 95.4 Å². The van der Waals surface area contributed by atoms with Gasteiger partial charge in [-0.05, 0) is 49.0 Å². The first-order chi connectivity index (χ1) is 52.0. The molecule has 2 aliphatic heterocycles. The number of carboxylic acids is 1. The monoisotopic (exact) mass is 1650 g/mol. The Labute approximate surface area is 649 Å². The van der Waals surface area contributed by atoms with Crippen LogP contribution in [0.2, 0.25) is 0 Å². The smallest absolute Gasteiger partial charge is 0.480 e. The number of aliphatic carboxylic acids is 1. The van der Waals surface area contributed by atoms with Gasteiger partial charge in [-0.1, -0.05) is 105 Å². The topological polar surface area (TPSA) is 551 Å². The van der Waals surface area contributed by atoms with Gasteiger partial charge in [-0.25, -0.2) is 33.4 Å². The Morgan fingerprint density at radius 2 is 1.47 bits per heavy atom. The number of carbonyl (C=O) groups excluding carboxylic acids is 8. The Morgan fingerprint density at radius 1 is 0.802 bits per heavy atom. The van der Waals surface area contributed by atoms with E-state index in [0.29, 0.717) is 57.4 Å². The highest BCUT2D eigenvalue weighted by atomic mass is 32.2. The van der Waals surface area contributed by atoms with E-state index < -0.39 is 162 Å². The summed E-state index contributed by atoms with van der Waals surface area (Å²) in [5.74, 6) is -6.46. The van der Waals surface area contributed by atoms with Gasteiger partial charge in [-0.15, -0.1) is 0 Å². The number of anilines is 1. The highest BCUT2D eigenvalue weighted by Crippen LogP contribution is 2.61. The second kappa shape index (κ2) is 43.7. The van der Waals surface area contributed by atoms with E-state index in [9.17, 15) is 91.7 Å². The molecule has 0 spiro atoms. The van der Waals surface area contributed by atoms with Crippen LogP contribution in [0, 0.1) is 29.1 Å². The van der Waals surface area contributed by atoms with E-state index in [2.05, 4.69) is 50.4 Å². The van der Waals surface area contributed by atoms with Crippen molar-refractivity contribution in [2.24, 2.45) is 29.1 Å². The molecule has 14 N–H and O–H groups in total. The molecule has 3 aromatic rings. The minimum atomic E-state index is -5.64. The van der Waals surface area contributed by atoms with E-state index in [1.165, 1.54) is 49.6 Å². The number of phosphoric acid groups is 3. The number of aliphatic hydroxyl groups excluding tert-OH is 2. The second-order valence-corrected chi connectivity index (χ2v) is 34.2. The number of benzene rings is 1. The lowest BCUT2D eigenvalue weighted by Crippen LogP contribution is -2.60. The predicted octanol–water partition coefficient (Wildman–Crippen LogP) is 2.17. The molecule has 39 nitrogen and oxygen atoms in total. The van der Waals surface area contributed by atoms with Gasteiger partial charge in [0.15, 0.2) is 17.7 Å². The van der Waals surface area contributed by atoms with Crippen molar-refractivity contribution < 1.29 is 124 Å². The van der Waals surface area contributed by atoms with Crippen molar-refractivity contribution in [1.82, 2.24) is 60.8 Å². The molecule has 0 bridgehead atoms. The van der Waals surface area contributed by atoms with Crippen molar-refractivity contribution in [2.75, 3.05) is 84.9 Å². The summed E-state index contributed by atoms with van der Waals surface area (Å²) in [6, 6.07) is 4.60. The predicted molar refractivity (Wildman–Crippen MR) is 402 cm³/mol. The number of nitrogens with two attached hydrogens (primary N) is 1. The zero-order chi connectivity index (χ0) is 83.0. The van der Waals surface area contributed by atoms with Crippen molar-refractivity contribution in [3.8, 4) is 0 Å². The Hall–Kier alpha value is -6.68. The van der Waals surface area contributed by atoms with Gasteiger partial charge >= 0.3 is 29.4 Å². The van der Waals surface area contributed by atoms with Crippen molar-refractivity contribution in [2.45, 2.75) is 200 Å². The summed E-state index contributed by atoms with van der Waals surface area (Å²) in [5.41, 5.74) is 4.93. The fourth-order valence-corrected chi connectivity index (χ4v) is 16.6. The molecule has 0 saturated carbocycles. The summed E-state index contributed by atoms with van der Waals surface area (Å²) in [4.78, 5) is 177. The fourth-order valence-electron chi connectivity index (χ4n) is 13.1. The third kappa shape index (κ3) is 28.4. The number of nitrogens with zero attached hydrogens (tertiary/aromatic N) is 7. The molecule has 2 aliphatic rings. The summed E-state index contributed by atoms with van der Waals surface area (Å²) in [6.07, 6.45) is -5.43. The van der Waals surface area contributed by atoms with Crippen LogP contribution in [0.5, 0.6) is 0 Å². The highest BCUT2D eigenvalue weighted by Gasteiger charge is 2.51. The molecule has 0 radical (unpaired) electrons. The number of fused-ring (bicyclic) bond motifs is 1. The zero-order valence-electron chi connectivity index (χ0n) is 64.9. The molecule has 0 aliphatic carbocycles. The summed E-state index contributed by atoms with van der Waals surface area (Å²) >= 11 is 1.24. The molecular formula is C68H112N13O26P3S. The van der Waals surface area contributed by atoms with Crippen LogP contribution in [0.3, 0.4) is 0 Å². The van der Waals surface area contributed by atoms with Crippen LogP contribution in [0.15, 0.2) is 43.0 Å². The normalized spacial score (nSPS) is 20.3. The number of nitrogen functional groups attached to an aromatic ring is 1. The minimum Gasteiger partial charge on any atom is -0.480 e. The third-order valence-electron chi connectivity index (χ3n) is 19.4. The zero-order valence-corrected chi connectivity index (χ0v) is 68.4. The SMILES string of the molecule is CC[C@H](C)[C@@H]([C@@H](CC(=O)N1CCC[C@H]1[C@H](OC)[C@@H](C)C(=O)N[C@@H](Cc1ccccc1)C(=O)O)OC)N(C)C(=O)[C@@H](NC(=O)[C@H](C(C)C)N(C)C(=O)CCCCCNC(=O)CSCCNC(=O)CCNC(=O)[C@H](O)C(C)(C)COP(=O)(O)OP(=O)(O)OC[C@@H]1O[C@H](n2cnc3c(N)ncnc32)[C@@H](O)[C@H]1OP(=O)(O)O)C(C)C. The number of carboxylic acid groups (broad SMARTS) is 1. The molecule has 4 heterocycles. The Kier molecular flexibility index (Phi) is 37.4. The van der Waals surface area contributed by atoms with Crippen LogP contribution < -0.4 is 32.3 Å². The molecule has 2 aromatic heterocycles. The number of rotatable bonds is 48. The number of methoxy groups -OCH3 is 2. The number of nitrogens with one attached hydrogen (secondary N) is 5. The first-order valence-electron chi connectivity index (χ1n) is 36.5. The molecule has 8 amide bonds. The minimum absolute atomic E-state index is 0.00746. The first kappa shape index (κ1) is 94.9. The van der Waals surface area contributed by atoms with Gasteiger partial charge in [0.05, 0.1) is 61.9 Å². The maximum Gasteiger partial charge on any atom is 0.481 e. The van der Waals surface area contributed by atoms with Gasteiger partial charge in [0.25, 0.3) is 0 Å². The van der Waals surface area contributed by atoms with Gasteiger partial charge in [0.2, 0.25) is 47.3 Å². The number of carbonyl (C=O) groups is 9. The third-order valence-corrected chi connectivity index (χ3v) is 23.4. The van der Waals surface area contributed by atoms with Crippen molar-refractivity contribution in [3.63, 3.8) is 0 Å². The van der Waals surface area contributed by atoms with Crippen molar-refractivity contribution >= 4 is 105 Å². The Bertz CT molecular complexity index is 3750. The van der Waals surface area contributed by atoms with Gasteiger partial charge in [-0.3, -0.25) is 56.5 Å². The summed E-state index contributed by atoms with van der Waals surface area (Å²) in [6.45, 7) is 13.7. The second-order valence-electron chi connectivity index (χ2n) is 28.9. The number of aliphatic hydroxyl groups is 2. The number of imidazole rings is 1. The van der Waals surface area contributed by atoms with Crippen molar-refractivity contribution in [3.05, 3.63) is 48.5 Å². The number of ether oxygens (including phenoxy) is 3. The number of aromatic nitrogens is 4. The molecule has 43 heteroatoms. The Morgan fingerprint density at radius 3 is 2.09 bits per heavy atom. The molecule has 626 valence electrons. The fraction of sp³-hybridized carbons (Fsp3) is 0.706. The summed E-state index contributed by atoms with van der Waals surface area (Å²) < 4.78 is 74.9. The first-order valence-corrected chi connectivity index (χ1v) is 42.2. The maximum absolute atomic E-state index is 14.8. The molecule has 111 heavy (non-hydrogen) atoms. The lowest BCUT2D eigenvalue weighted by atomic mass is 9.87. The van der Waals surface area contributed by atoms with Crippen LogP contribution in [-0.4, -0.2) is 268 Å². The maximum atomic E-state index is 14.8. The average Bonchev–Trinajstić information content (AvgIpc) is 1.62. The number of hydrogen-bond acceptors (Lipinski definition) is 26. The lowest BCUT2D eigenvalue weighted by Gasteiger charge is -2.41. The summed E-state index contributed by atoms with van der Waals surface area (Å²) in [5, 5.41) is 45.2. The number of hydrogen-bond donors (Lipinski definition) is 13. The van der Waals surface area contributed by atoms with E-state index in [1.54, 1.807) is 77.9 Å². The number of thioether (sulfide) groups is 1. The molecule has 16 atom stereocenters. The molecule has 2 fully saturated rings. The number of amides is 8. The van der Waals surface area contributed by atoms with E-state index in [0.717, 1.165) is 22.8 Å². The van der Waals surface area contributed by atoms with Gasteiger partial charge in [0, 0.05) is 84.9 Å². The lowest BCUT2D eigenvalue weighted by molar-refractivity contribution is -0.149. The highest BCUT2D eigenvalue weighted by molar-refractivity contribution is 7.99. The molecule has 2 unspecified atom stereocenters. The standard InChI is InChI=1S/C68H112N13O26P3S/c1-14-41(6)55(46(101-12)33-51(85)80-30-21-24-45(80)57(102-13)42(7)62(88)76-44(67(92)93)32-43-22-17-15-18-23-43)79(11)65(91)52(39(2)3)77-63(89)54(40(4)5)78(10)50(84)25-19-16-20-27-70-49(83)35-111-31-29-71-48(82)26-28-72-64(90)59(87)68(8,9)36-104-110(99,100)107-109(97,98)103-34-47-58(106-108(94,95)96)56(86)66(105-47)81-38-75-53-60(69)73-37-74-61(53)81/h15,17-18,22-23,37-42,44-47,52,54-59,66,86-87H,14,16,19-21,24-36H2,1-13H3,(H,70,83)(H,71,82)(H,72,90)(H,76,88)(H,77,89)(H,92,93)(H,97,98)(H,99,100)(H2,69,73,74)(H2,94,95,96)/t41-,42+,44-,45-,46+,47-,52-,54-,55-,56-,57+,58-,59-,66-/m0/s1. The van der Waals surface area contributed by atoms with Gasteiger partial charge in [0.1, 0.15) is 54.4 Å². The van der Waals surface area contributed by atoms with Crippen molar-refractivity contribution in [1.29, 1.82) is 0 Å². The average molecular weight is 1650 g/mol. The number of likely N-dealkylation sites (N-methyl/N-ethyl adjacent to an activating group) is 2. The van der Waals surface area contributed by atoms with Crippen LogP contribution in [0.4, 0.5) is 5.82 Å². The number of likely N-dealkylation sites (tertiary alicyclic amines) is 1.